The summed E-state index contributed by atoms with van der Waals surface area (Å²) in [5.41, 5.74) is 3.79. The summed E-state index contributed by atoms with van der Waals surface area (Å²) in [7, 11) is 1.85. The number of amides is 1. The Morgan fingerprint density at radius 1 is 1.27 bits per heavy atom. The second kappa shape index (κ2) is 8.77. The zero-order valence-corrected chi connectivity index (χ0v) is 17.4. The highest BCUT2D eigenvalue weighted by Gasteiger charge is 2.16. The SMILES string of the molecule is Cc1cc(OCc2cccc(C(=O)NC(C)c3cn(C)nc3C)c2)ccc1[N+](=O)[O-]. The first-order valence-corrected chi connectivity index (χ1v) is 9.52. The van der Waals surface area contributed by atoms with Crippen LogP contribution in [0.3, 0.4) is 0 Å². The smallest absolute Gasteiger partial charge is 0.272 e. The van der Waals surface area contributed by atoms with E-state index in [1.807, 2.05) is 33.2 Å². The molecule has 1 atom stereocenters. The van der Waals surface area contributed by atoms with Crippen LogP contribution in [0.4, 0.5) is 5.69 Å². The van der Waals surface area contributed by atoms with E-state index in [2.05, 4.69) is 10.4 Å². The molecule has 3 rings (SSSR count). The summed E-state index contributed by atoms with van der Waals surface area (Å²) in [5, 5.41) is 18.2. The lowest BCUT2D eigenvalue weighted by Gasteiger charge is -2.14. The maximum absolute atomic E-state index is 12.7. The van der Waals surface area contributed by atoms with Crippen LogP contribution in [0, 0.1) is 24.0 Å². The fraction of sp³-hybridized carbons (Fsp3) is 0.273. The summed E-state index contributed by atoms with van der Waals surface area (Å²) in [4.78, 5) is 23.2. The van der Waals surface area contributed by atoms with E-state index in [4.69, 9.17) is 4.74 Å². The predicted octanol–water partition coefficient (Wildman–Crippen LogP) is 4.02. The molecule has 0 fully saturated rings. The van der Waals surface area contributed by atoms with Crippen molar-refractivity contribution in [2.24, 2.45) is 7.05 Å². The predicted molar refractivity (Wildman–Crippen MR) is 112 cm³/mol. The van der Waals surface area contributed by atoms with Gasteiger partial charge in [-0.1, -0.05) is 12.1 Å². The number of hydrogen-bond acceptors (Lipinski definition) is 5. The van der Waals surface area contributed by atoms with Crippen molar-refractivity contribution < 1.29 is 14.5 Å². The molecule has 0 saturated carbocycles. The fourth-order valence-corrected chi connectivity index (χ4v) is 3.29. The molecular weight excluding hydrogens is 384 g/mol. The number of rotatable bonds is 7. The summed E-state index contributed by atoms with van der Waals surface area (Å²) in [6.07, 6.45) is 1.90. The van der Waals surface area contributed by atoms with Crippen molar-refractivity contribution in [2.45, 2.75) is 33.4 Å². The molecule has 1 N–H and O–H groups in total. The van der Waals surface area contributed by atoms with Crippen molar-refractivity contribution in [3.05, 3.63) is 86.7 Å². The zero-order valence-electron chi connectivity index (χ0n) is 17.4. The molecule has 3 aromatic rings. The highest BCUT2D eigenvalue weighted by molar-refractivity contribution is 5.94. The van der Waals surface area contributed by atoms with Crippen molar-refractivity contribution >= 4 is 11.6 Å². The van der Waals surface area contributed by atoms with Crippen LogP contribution >= 0.6 is 0 Å². The Labute approximate surface area is 174 Å². The van der Waals surface area contributed by atoms with E-state index in [0.717, 1.165) is 16.8 Å². The van der Waals surface area contributed by atoms with Gasteiger partial charge in [0.2, 0.25) is 0 Å². The van der Waals surface area contributed by atoms with Crippen LogP contribution in [0.15, 0.2) is 48.7 Å². The molecule has 1 heterocycles. The second-order valence-corrected chi connectivity index (χ2v) is 7.23. The first kappa shape index (κ1) is 21.0. The molecule has 156 valence electrons. The average Bonchev–Trinajstić information content (AvgIpc) is 3.04. The molecule has 1 unspecified atom stereocenters. The molecule has 2 aromatic carbocycles. The maximum Gasteiger partial charge on any atom is 0.272 e. The van der Waals surface area contributed by atoms with Crippen molar-refractivity contribution in [3.8, 4) is 5.75 Å². The van der Waals surface area contributed by atoms with Crippen molar-refractivity contribution in [1.82, 2.24) is 15.1 Å². The minimum Gasteiger partial charge on any atom is -0.489 e. The van der Waals surface area contributed by atoms with E-state index in [-0.39, 0.29) is 24.2 Å². The lowest BCUT2D eigenvalue weighted by atomic mass is 10.1. The number of carbonyl (C=O) groups excluding carboxylic acids is 1. The average molecular weight is 408 g/mol. The number of hydrogen-bond donors (Lipinski definition) is 1. The van der Waals surface area contributed by atoms with E-state index < -0.39 is 4.92 Å². The van der Waals surface area contributed by atoms with Gasteiger partial charge in [-0.05, 0) is 50.6 Å². The third-order valence-electron chi connectivity index (χ3n) is 4.83. The number of nitrogens with zero attached hydrogens (tertiary/aromatic N) is 3. The zero-order chi connectivity index (χ0) is 21.8. The van der Waals surface area contributed by atoms with E-state index >= 15 is 0 Å². The van der Waals surface area contributed by atoms with Crippen LogP contribution in [0.2, 0.25) is 0 Å². The number of nitro benzene ring substituents is 1. The minimum atomic E-state index is -0.421. The highest BCUT2D eigenvalue weighted by Crippen LogP contribution is 2.24. The Morgan fingerprint density at radius 2 is 2.03 bits per heavy atom. The molecule has 1 amide bonds. The van der Waals surface area contributed by atoms with Gasteiger partial charge in [0.05, 0.1) is 16.7 Å². The molecule has 1 aromatic heterocycles. The Kier molecular flexibility index (Phi) is 6.15. The van der Waals surface area contributed by atoms with Gasteiger partial charge < -0.3 is 10.1 Å². The van der Waals surface area contributed by atoms with Crippen molar-refractivity contribution in [3.63, 3.8) is 0 Å². The van der Waals surface area contributed by atoms with E-state index in [0.29, 0.717) is 16.9 Å². The quantitative estimate of drug-likeness (QED) is 0.470. The van der Waals surface area contributed by atoms with E-state index in [1.165, 1.54) is 6.07 Å². The molecule has 8 nitrogen and oxygen atoms in total. The van der Waals surface area contributed by atoms with Gasteiger partial charge in [-0.2, -0.15) is 5.10 Å². The molecule has 30 heavy (non-hydrogen) atoms. The Hall–Kier alpha value is -3.68. The highest BCUT2D eigenvalue weighted by atomic mass is 16.6. The fourth-order valence-electron chi connectivity index (χ4n) is 3.29. The molecular formula is C22H24N4O4. The maximum atomic E-state index is 12.7. The minimum absolute atomic E-state index is 0.0546. The standard InChI is InChI=1S/C22H24N4O4/c1-14-10-19(8-9-21(14)26(28)29)30-13-17-6-5-7-18(11-17)22(27)23-15(2)20-12-25(4)24-16(20)3/h5-12,15H,13H2,1-4H3,(H,23,27). The summed E-state index contributed by atoms with van der Waals surface area (Å²) < 4.78 is 7.47. The topological polar surface area (TPSA) is 99.3 Å². The summed E-state index contributed by atoms with van der Waals surface area (Å²) in [5.74, 6) is 0.354. The number of nitro groups is 1. The molecule has 0 aliphatic heterocycles. The van der Waals surface area contributed by atoms with Crippen LogP contribution in [0.25, 0.3) is 0 Å². The summed E-state index contributed by atoms with van der Waals surface area (Å²) in [6.45, 7) is 5.75. The molecule has 0 spiro atoms. The monoisotopic (exact) mass is 408 g/mol. The molecule has 0 aliphatic carbocycles. The molecule has 0 aliphatic rings. The van der Waals surface area contributed by atoms with Crippen LogP contribution in [0.5, 0.6) is 5.75 Å². The van der Waals surface area contributed by atoms with Gasteiger partial charge in [-0.25, -0.2) is 0 Å². The summed E-state index contributed by atoms with van der Waals surface area (Å²) in [6, 6.07) is 11.6. The normalized spacial score (nSPS) is 11.7. The van der Waals surface area contributed by atoms with Crippen LogP contribution in [0.1, 0.15) is 45.7 Å². The van der Waals surface area contributed by atoms with Crippen LogP contribution in [-0.2, 0) is 13.7 Å². The number of carbonyl (C=O) groups is 1. The van der Waals surface area contributed by atoms with E-state index in [1.54, 1.807) is 41.9 Å². The Morgan fingerprint density at radius 3 is 2.67 bits per heavy atom. The lowest BCUT2D eigenvalue weighted by molar-refractivity contribution is -0.385. The van der Waals surface area contributed by atoms with Gasteiger partial charge in [0.1, 0.15) is 12.4 Å². The molecule has 0 bridgehead atoms. The third kappa shape index (κ3) is 4.83. The Balaban J connectivity index is 1.65. The van der Waals surface area contributed by atoms with Crippen molar-refractivity contribution in [2.75, 3.05) is 0 Å². The van der Waals surface area contributed by atoms with Crippen molar-refractivity contribution in [1.29, 1.82) is 0 Å². The Bertz CT molecular complexity index is 1090. The van der Waals surface area contributed by atoms with E-state index in [9.17, 15) is 14.9 Å². The number of aromatic nitrogens is 2. The van der Waals surface area contributed by atoms with Gasteiger partial charge in [0.25, 0.3) is 11.6 Å². The first-order chi connectivity index (χ1) is 14.2. The number of benzene rings is 2. The second-order valence-electron chi connectivity index (χ2n) is 7.23. The molecule has 0 radical (unpaired) electrons. The van der Waals surface area contributed by atoms with Gasteiger partial charge in [0.15, 0.2) is 0 Å². The van der Waals surface area contributed by atoms with Gasteiger partial charge in [-0.3, -0.25) is 19.6 Å². The number of ether oxygens (including phenoxy) is 1. The number of nitrogens with one attached hydrogen (secondary N) is 1. The first-order valence-electron chi connectivity index (χ1n) is 9.52. The lowest BCUT2D eigenvalue weighted by Crippen LogP contribution is -2.27. The van der Waals surface area contributed by atoms with Gasteiger partial charge in [0, 0.05) is 36.0 Å². The van der Waals surface area contributed by atoms with Crippen LogP contribution < -0.4 is 10.1 Å². The number of aryl methyl sites for hydroxylation is 3. The molecule has 0 saturated heterocycles. The third-order valence-corrected chi connectivity index (χ3v) is 4.83. The van der Waals surface area contributed by atoms with Gasteiger partial charge >= 0.3 is 0 Å². The van der Waals surface area contributed by atoms with Gasteiger partial charge in [-0.15, -0.1) is 0 Å². The largest absolute Gasteiger partial charge is 0.489 e. The molecule has 8 heteroatoms. The van der Waals surface area contributed by atoms with Crippen LogP contribution in [-0.4, -0.2) is 20.6 Å². The summed E-state index contributed by atoms with van der Waals surface area (Å²) >= 11 is 0.